The van der Waals surface area contributed by atoms with Crippen molar-refractivity contribution in [1.82, 2.24) is 0 Å². The van der Waals surface area contributed by atoms with Crippen LogP contribution in [0.4, 0.5) is 0 Å². The number of allylic oxidation sites excluding steroid dienone is 1. The van der Waals surface area contributed by atoms with Gasteiger partial charge in [-0.25, -0.2) is 0 Å². The summed E-state index contributed by atoms with van der Waals surface area (Å²) in [5.74, 6) is -0.0172. The minimum absolute atomic E-state index is 0.0310. The van der Waals surface area contributed by atoms with E-state index in [4.69, 9.17) is 47.4 Å². The fraction of sp³-hybridized carbons (Fsp3) is 0.967. The molecule has 29 heteroatoms. The van der Waals surface area contributed by atoms with Gasteiger partial charge in [-0.1, -0.05) is 53.2 Å². The molecular weight excluding hydrogens is 1180 g/mol. The first-order valence-corrected chi connectivity index (χ1v) is 31.6. The summed E-state index contributed by atoms with van der Waals surface area (Å²) >= 11 is 0. The highest BCUT2D eigenvalue weighted by Gasteiger charge is 2.71. The first-order chi connectivity index (χ1) is 41.7. The molecule has 5 aliphatic heterocycles. The Morgan fingerprint density at radius 2 is 0.978 bits per heavy atom. The van der Waals surface area contributed by atoms with Gasteiger partial charge in [-0.05, 0) is 99.7 Å². The summed E-state index contributed by atoms with van der Waals surface area (Å²) in [6, 6.07) is 0. The van der Waals surface area contributed by atoms with Crippen molar-refractivity contribution in [2.45, 2.75) is 284 Å². The summed E-state index contributed by atoms with van der Waals surface area (Å²) in [7, 11) is 0. The number of aliphatic hydroxyl groups excluding tert-OH is 18. The van der Waals surface area contributed by atoms with Crippen LogP contribution in [0.3, 0.4) is 0 Å². The number of hydrogen-bond donors (Lipinski definition) is 19. The maximum atomic E-state index is 12.8. The lowest BCUT2D eigenvalue weighted by Gasteiger charge is -2.67. The molecule has 0 radical (unpaired) electrons. The van der Waals surface area contributed by atoms with Gasteiger partial charge >= 0.3 is 0 Å². The molecule has 4 aliphatic carbocycles. The molecule has 5 heterocycles. The van der Waals surface area contributed by atoms with Gasteiger partial charge in [0.15, 0.2) is 31.5 Å². The van der Waals surface area contributed by atoms with E-state index in [0.717, 1.165) is 18.4 Å². The van der Waals surface area contributed by atoms with Crippen LogP contribution in [0.5, 0.6) is 0 Å². The molecule has 0 aromatic heterocycles. The first kappa shape index (κ1) is 71.9. The molecule has 35 atom stereocenters. The van der Waals surface area contributed by atoms with E-state index in [-0.39, 0.29) is 35.5 Å². The zero-order chi connectivity index (χ0) is 65.5. The Morgan fingerprint density at radius 3 is 1.52 bits per heavy atom. The largest absolute Gasteiger partial charge is 0.394 e. The minimum atomic E-state index is -1.96. The van der Waals surface area contributed by atoms with Crippen molar-refractivity contribution in [3.63, 3.8) is 0 Å². The van der Waals surface area contributed by atoms with E-state index in [1.54, 1.807) is 0 Å². The average Bonchev–Trinajstić information content (AvgIpc) is 1.66. The summed E-state index contributed by atoms with van der Waals surface area (Å²) < 4.78 is 59.5. The van der Waals surface area contributed by atoms with Crippen LogP contribution in [0.25, 0.3) is 0 Å². The van der Waals surface area contributed by atoms with Crippen LogP contribution in [-0.4, -0.2) is 308 Å². The van der Waals surface area contributed by atoms with E-state index in [9.17, 15) is 97.0 Å². The zero-order valence-corrected chi connectivity index (χ0v) is 51.8. The Labute approximate surface area is 517 Å². The molecule has 0 bridgehead atoms. The molecule has 19 N–H and O–H groups in total. The van der Waals surface area contributed by atoms with Crippen LogP contribution in [0.15, 0.2) is 11.6 Å². The van der Waals surface area contributed by atoms with E-state index in [0.29, 0.717) is 32.1 Å². The highest BCUT2D eigenvalue weighted by molar-refractivity contribution is 5.32. The molecule has 0 aromatic carbocycles. The number of rotatable bonds is 20. The number of aliphatic hydroxyl groups is 19. The maximum Gasteiger partial charge on any atom is 0.187 e. The average molecular weight is 1290 g/mol. The molecule has 29 nitrogen and oxygen atoms in total. The summed E-state index contributed by atoms with van der Waals surface area (Å²) in [6.45, 7) is 12.3. The van der Waals surface area contributed by atoms with Gasteiger partial charge in [-0.3, -0.25) is 0 Å². The Balaban J connectivity index is 0.884. The summed E-state index contributed by atoms with van der Waals surface area (Å²) in [6.07, 6.45) is -37.7. The smallest absolute Gasteiger partial charge is 0.187 e. The first-order valence-electron chi connectivity index (χ1n) is 31.6. The predicted octanol–water partition coefficient (Wildman–Crippen LogP) is -5.41. The van der Waals surface area contributed by atoms with Gasteiger partial charge in [-0.15, -0.1) is 0 Å². The normalized spacial score (nSPS) is 51.8. The van der Waals surface area contributed by atoms with Crippen LogP contribution in [-0.2, 0) is 47.4 Å². The molecule has 516 valence electrons. The molecular formula is C60H102O29. The Bertz CT molecular complexity index is 2340. The van der Waals surface area contributed by atoms with E-state index in [1.165, 1.54) is 13.8 Å². The molecule has 8 fully saturated rings. The van der Waals surface area contributed by atoms with Crippen molar-refractivity contribution in [2.75, 3.05) is 33.0 Å². The van der Waals surface area contributed by atoms with Crippen molar-refractivity contribution in [3.05, 3.63) is 11.6 Å². The van der Waals surface area contributed by atoms with Gasteiger partial charge in [0.1, 0.15) is 122 Å². The van der Waals surface area contributed by atoms with E-state index >= 15 is 0 Å². The lowest BCUT2D eigenvalue weighted by molar-refractivity contribution is -0.380. The van der Waals surface area contributed by atoms with E-state index in [2.05, 4.69) is 33.8 Å². The summed E-state index contributed by atoms with van der Waals surface area (Å²) in [5, 5.41) is 205. The van der Waals surface area contributed by atoms with E-state index in [1.807, 2.05) is 13.8 Å². The lowest BCUT2D eigenvalue weighted by atomic mass is 9.38. The standard InChI is InChI=1S/C60H102O29/c1-23(9-13-35(57(4,5)79)87-55-50(89-54-47(77)42(72)38(68)29(20-63)83-54)43(73)39(69)31(85-55)22-80-51-45(75)40(70)36(66)27(18-61)81-51)24-15-16-58(6)32-12-10-25-26(60(32,8)33(65)17-59(24,58)7)11-14-34(56(25,2)3)86-52-48(78)44(74)49(30(21-64)84-52)88-53-46(76)41(71)37(67)28(19-62)82-53/h10,23-24,26-55,61-79H,9,11-22H2,1-8H3/t23-,24-,26-,27?,28?,29?,30?,31?,32+,33-,34+,35-,36-,37-,38-,39-,40+,41+,42?,43?,44-,45?,46?,47?,48?,49-,50?,51-,52+,53+,54+,55+,58+,59-,60+/m1/s1. The molecule has 0 aromatic rings. The molecule has 0 amide bonds. The van der Waals surface area contributed by atoms with Gasteiger partial charge in [0.2, 0.25) is 0 Å². The zero-order valence-electron chi connectivity index (χ0n) is 51.8. The Morgan fingerprint density at radius 1 is 0.517 bits per heavy atom. The van der Waals surface area contributed by atoms with Crippen molar-refractivity contribution in [2.24, 2.45) is 45.3 Å². The highest BCUT2D eigenvalue weighted by atomic mass is 16.8. The maximum absolute atomic E-state index is 12.8. The lowest BCUT2D eigenvalue weighted by Crippen LogP contribution is -2.66. The Hall–Kier alpha value is -1.42. The van der Waals surface area contributed by atoms with Gasteiger partial charge < -0.3 is 144 Å². The number of fused-ring (bicyclic) bond motifs is 5. The highest BCUT2D eigenvalue weighted by Crippen LogP contribution is 2.75. The minimum Gasteiger partial charge on any atom is -0.394 e. The van der Waals surface area contributed by atoms with E-state index < -0.39 is 227 Å². The molecule has 89 heavy (non-hydrogen) atoms. The third-order valence-electron chi connectivity index (χ3n) is 22.9. The van der Waals surface area contributed by atoms with Crippen molar-refractivity contribution in [1.29, 1.82) is 0 Å². The molecule has 9 aliphatic rings. The third-order valence-corrected chi connectivity index (χ3v) is 22.9. The van der Waals surface area contributed by atoms with Crippen molar-refractivity contribution >= 4 is 0 Å². The topological polar surface area (TPSA) is 477 Å². The molecule has 0 spiro atoms. The fourth-order valence-corrected chi connectivity index (χ4v) is 17.1. The second-order valence-electron chi connectivity index (χ2n) is 28.7. The van der Waals surface area contributed by atoms with Gasteiger partial charge in [-0.2, -0.15) is 0 Å². The fourth-order valence-electron chi connectivity index (χ4n) is 17.1. The van der Waals surface area contributed by atoms with Crippen LogP contribution in [0, 0.1) is 45.3 Å². The second kappa shape index (κ2) is 27.6. The van der Waals surface area contributed by atoms with Gasteiger partial charge in [0, 0.05) is 10.8 Å². The van der Waals surface area contributed by atoms with Crippen molar-refractivity contribution < 1.29 is 144 Å². The van der Waals surface area contributed by atoms with Crippen LogP contribution in [0.2, 0.25) is 0 Å². The predicted molar refractivity (Wildman–Crippen MR) is 300 cm³/mol. The molecule has 3 saturated carbocycles. The van der Waals surface area contributed by atoms with Gasteiger partial charge in [0.05, 0.1) is 56.9 Å². The Kier molecular flexibility index (Phi) is 22.3. The number of hydrogen-bond acceptors (Lipinski definition) is 29. The van der Waals surface area contributed by atoms with Crippen molar-refractivity contribution in [3.8, 4) is 0 Å². The second-order valence-corrected chi connectivity index (χ2v) is 28.7. The molecule has 5 saturated heterocycles. The number of ether oxygens (including phenoxy) is 10. The summed E-state index contributed by atoms with van der Waals surface area (Å²) in [5.41, 5.74) is -2.49. The molecule has 9 rings (SSSR count). The van der Waals surface area contributed by atoms with Gasteiger partial charge in [0.25, 0.3) is 0 Å². The third kappa shape index (κ3) is 13.0. The van der Waals surface area contributed by atoms with Crippen LogP contribution in [0.1, 0.15) is 107 Å². The van der Waals surface area contributed by atoms with Crippen LogP contribution >= 0.6 is 0 Å². The quantitative estimate of drug-likeness (QED) is 0.0506. The van der Waals surface area contributed by atoms with Crippen LogP contribution < -0.4 is 0 Å². The molecule has 12 unspecified atom stereocenters. The monoisotopic (exact) mass is 1290 g/mol. The SMILES string of the molecule is C[C@H](CC[C@@H](O[C@@H]1OC(CO[C@@H]2OC(CO)[C@@H](O)[C@H](O)C2O)[C@@H](O)C(O)C1O[C@@H]1OC(CO)[C@@H](O)C(O)C1O)C(C)(C)O)[C@H]1CC[C@@]2(C)[C@@H]3CC=C4[C@@H](CC[C@H](O[C@@H]5OC(CO)[C@@H](O[C@@H]6OC(CO)[C@@H](O)[C@H](O)C6O)[C@H](O)C5O)C4(C)C)[C@]3(C)[C@H](O)C[C@]12C. The summed E-state index contributed by atoms with van der Waals surface area (Å²) in [4.78, 5) is 0.